The smallest absolute Gasteiger partial charge is 0.326 e. The average Bonchev–Trinajstić information content (AvgIpc) is 2.87. The Morgan fingerprint density at radius 1 is 1.00 bits per heavy atom. The number of fused-ring (bicyclic) bond motifs is 2. The zero-order chi connectivity index (χ0) is 24.5. The maximum Gasteiger partial charge on any atom is 0.326 e. The van der Waals surface area contributed by atoms with Gasteiger partial charge in [-0.2, -0.15) is 0 Å². The van der Waals surface area contributed by atoms with Crippen molar-refractivity contribution in [2.45, 2.75) is 24.2 Å². The molecule has 0 spiro atoms. The summed E-state index contributed by atoms with van der Waals surface area (Å²) in [5.74, 6) is -1.99. The van der Waals surface area contributed by atoms with Crippen LogP contribution in [0.15, 0.2) is 82.7 Å². The van der Waals surface area contributed by atoms with Crippen molar-refractivity contribution in [1.29, 1.82) is 0 Å². The van der Waals surface area contributed by atoms with E-state index in [1.54, 1.807) is 24.3 Å². The lowest BCUT2D eigenvalue weighted by atomic mass is 9.94. The predicted octanol–water partition coefficient (Wildman–Crippen LogP) is 3.66. The molecule has 0 radical (unpaired) electrons. The van der Waals surface area contributed by atoms with Gasteiger partial charge in [-0.05, 0) is 47.5 Å². The molecule has 1 aliphatic rings. The topological polar surface area (TPSA) is 92.5 Å². The van der Waals surface area contributed by atoms with E-state index in [0.717, 1.165) is 22.9 Å². The van der Waals surface area contributed by atoms with Gasteiger partial charge in [0, 0.05) is 13.0 Å². The maximum absolute atomic E-state index is 13.5. The third-order valence-corrected chi connectivity index (χ3v) is 6.93. The van der Waals surface area contributed by atoms with E-state index in [9.17, 15) is 23.9 Å². The number of carboxylic acids is 1. The van der Waals surface area contributed by atoms with Gasteiger partial charge in [-0.15, -0.1) is 0 Å². The van der Waals surface area contributed by atoms with Crippen LogP contribution in [-0.4, -0.2) is 43.2 Å². The highest BCUT2D eigenvalue weighted by Gasteiger charge is 2.34. The molecule has 35 heavy (non-hydrogen) atoms. The Labute approximate surface area is 203 Å². The first-order valence-corrected chi connectivity index (χ1v) is 11.9. The van der Waals surface area contributed by atoms with Crippen molar-refractivity contribution in [2.75, 3.05) is 5.75 Å². The zero-order valence-corrected chi connectivity index (χ0v) is 19.2. The Morgan fingerprint density at radius 3 is 2.43 bits per heavy atom. The fraction of sp³-hybridized carbons (Fsp3) is 0.154. The van der Waals surface area contributed by atoms with Gasteiger partial charge in [0.1, 0.15) is 11.9 Å². The second kappa shape index (κ2) is 9.34. The molecule has 0 saturated carbocycles. The van der Waals surface area contributed by atoms with E-state index in [2.05, 4.69) is 4.98 Å². The third-order valence-electron chi connectivity index (χ3n) is 6.01. The highest BCUT2D eigenvalue weighted by Crippen LogP contribution is 2.26. The summed E-state index contributed by atoms with van der Waals surface area (Å²) in [7, 11) is 0. The van der Waals surface area contributed by atoms with Crippen molar-refractivity contribution in [3.05, 3.63) is 100 Å². The summed E-state index contributed by atoms with van der Waals surface area (Å²) in [6.07, 6.45) is 0.233. The van der Waals surface area contributed by atoms with Gasteiger partial charge in [0.15, 0.2) is 5.16 Å². The SMILES string of the molecule is O=C(O)[C@H]1Cc2ccccc2CN1C(=O)CSc1nc2ccccc2c(=O)n1-c1ccc(F)cc1. The van der Waals surface area contributed by atoms with Crippen LogP contribution >= 0.6 is 11.8 Å². The Hall–Kier alpha value is -3.98. The summed E-state index contributed by atoms with van der Waals surface area (Å²) in [6, 6.07) is 18.8. The number of nitrogens with zero attached hydrogens (tertiary/aromatic N) is 3. The molecule has 1 aromatic heterocycles. The Kier molecular flexibility index (Phi) is 6.08. The summed E-state index contributed by atoms with van der Waals surface area (Å²) >= 11 is 1.05. The number of halogens is 1. The third kappa shape index (κ3) is 4.42. The number of carbonyl (C=O) groups excluding carboxylic acids is 1. The van der Waals surface area contributed by atoms with E-state index in [-0.39, 0.29) is 35.3 Å². The highest BCUT2D eigenvalue weighted by molar-refractivity contribution is 7.99. The lowest BCUT2D eigenvalue weighted by Gasteiger charge is -2.34. The number of rotatable bonds is 5. The van der Waals surface area contributed by atoms with E-state index >= 15 is 0 Å². The summed E-state index contributed by atoms with van der Waals surface area (Å²) in [4.78, 5) is 44.4. The first kappa shape index (κ1) is 22.8. The number of para-hydroxylation sites is 1. The van der Waals surface area contributed by atoms with Gasteiger partial charge in [0.05, 0.1) is 22.3 Å². The number of carboxylic acid groups (broad SMARTS) is 1. The molecule has 2 heterocycles. The van der Waals surface area contributed by atoms with Crippen LogP contribution in [0.4, 0.5) is 4.39 Å². The van der Waals surface area contributed by atoms with Crippen molar-refractivity contribution < 1.29 is 19.1 Å². The van der Waals surface area contributed by atoms with Gasteiger partial charge >= 0.3 is 5.97 Å². The molecular weight excluding hydrogens is 469 g/mol. The van der Waals surface area contributed by atoms with E-state index in [1.807, 2.05) is 24.3 Å². The van der Waals surface area contributed by atoms with E-state index in [1.165, 1.54) is 33.7 Å². The van der Waals surface area contributed by atoms with Crippen molar-refractivity contribution in [3.63, 3.8) is 0 Å². The second-order valence-corrected chi connectivity index (χ2v) is 9.11. The molecule has 1 atom stereocenters. The molecule has 7 nitrogen and oxygen atoms in total. The molecule has 1 aliphatic heterocycles. The number of benzene rings is 3. The summed E-state index contributed by atoms with van der Waals surface area (Å²) in [5, 5.41) is 10.4. The van der Waals surface area contributed by atoms with E-state index in [0.29, 0.717) is 16.6 Å². The fourth-order valence-corrected chi connectivity index (χ4v) is 5.14. The molecule has 1 amide bonds. The van der Waals surface area contributed by atoms with Crippen molar-refractivity contribution in [1.82, 2.24) is 14.5 Å². The molecule has 4 aromatic rings. The van der Waals surface area contributed by atoms with Gasteiger partial charge in [-0.3, -0.25) is 14.2 Å². The number of thioether (sulfide) groups is 1. The van der Waals surface area contributed by atoms with Crippen LogP contribution in [-0.2, 0) is 22.6 Å². The van der Waals surface area contributed by atoms with Gasteiger partial charge in [-0.25, -0.2) is 14.2 Å². The van der Waals surface area contributed by atoms with Crippen LogP contribution in [0.3, 0.4) is 0 Å². The summed E-state index contributed by atoms with van der Waals surface area (Å²) in [6.45, 7) is 0.197. The molecule has 0 unspecified atom stereocenters. The lowest BCUT2D eigenvalue weighted by Crippen LogP contribution is -2.49. The predicted molar refractivity (Wildman–Crippen MR) is 130 cm³/mol. The quantitative estimate of drug-likeness (QED) is 0.340. The van der Waals surface area contributed by atoms with Crippen LogP contribution in [0.25, 0.3) is 16.6 Å². The highest BCUT2D eigenvalue weighted by atomic mass is 32.2. The molecule has 5 rings (SSSR count). The van der Waals surface area contributed by atoms with Crippen molar-refractivity contribution >= 4 is 34.5 Å². The number of carbonyl (C=O) groups is 2. The largest absolute Gasteiger partial charge is 0.480 e. The maximum atomic E-state index is 13.5. The van der Waals surface area contributed by atoms with Gasteiger partial charge < -0.3 is 10.0 Å². The molecular formula is C26H20FN3O4S. The molecule has 1 N–H and O–H groups in total. The molecule has 0 saturated heterocycles. The minimum absolute atomic E-state index is 0.113. The molecule has 3 aromatic carbocycles. The minimum atomic E-state index is -1.06. The summed E-state index contributed by atoms with van der Waals surface area (Å²) in [5.41, 5.74) is 2.38. The molecule has 0 aliphatic carbocycles. The number of aromatic nitrogens is 2. The second-order valence-electron chi connectivity index (χ2n) is 8.17. The molecule has 9 heteroatoms. The van der Waals surface area contributed by atoms with E-state index in [4.69, 9.17) is 0 Å². The first-order chi connectivity index (χ1) is 16.9. The average molecular weight is 490 g/mol. The Bertz CT molecular complexity index is 1500. The molecule has 0 bridgehead atoms. The number of hydrogen-bond acceptors (Lipinski definition) is 5. The van der Waals surface area contributed by atoms with E-state index < -0.39 is 17.8 Å². The van der Waals surface area contributed by atoms with Crippen LogP contribution < -0.4 is 5.56 Å². The number of amides is 1. The Morgan fingerprint density at radius 2 is 1.69 bits per heavy atom. The lowest BCUT2D eigenvalue weighted by molar-refractivity contribution is -0.150. The normalized spacial score (nSPS) is 15.1. The van der Waals surface area contributed by atoms with Crippen LogP contribution in [0, 0.1) is 5.82 Å². The van der Waals surface area contributed by atoms with Gasteiger partial charge in [-0.1, -0.05) is 48.2 Å². The zero-order valence-electron chi connectivity index (χ0n) is 18.4. The van der Waals surface area contributed by atoms with Crippen molar-refractivity contribution in [3.8, 4) is 5.69 Å². The minimum Gasteiger partial charge on any atom is -0.480 e. The number of hydrogen-bond donors (Lipinski definition) is 1. The van der Waals surface area contributed by atoms with Gasteiger partial charge in [0.25, 0.3) is 5.56 Å². The number of aliphatic carboxylic acids is 1. The standard InChI is InChI=1S/C26H20FN3O4S/c27-18-9-11-19(12-10-18)30-24(32)20-7-3-4-8-21(20)28-26(30)35-15-23(31)29-14-17-6-2-1-5-16(17)13-22(29)25(33)34/h1-12,22H,13-15H2,(H,33,34)/t22-/m1/s1. The molecule has 0 fully saturated rings. The first-order valence-electron chi connectivity index (χ1n) is 10.9. The van der Waals surface area contributed by atoms with Crippen LogP contribution in [0.2, 0.25) is 0 Å². The van der Waals surface area contributed by atoms with Crippen molar-refractivity contribution in [2.24, 2.45) is 0 Å². The monoisotopic (exact) mass is 489 g/mol. The van der Waals surface area contributed by atoms with Gasteiger partial charge in [0.2, 0.25) is 5.91 Å². The van der Waals surface area contributed by atoms with Crippen LogP contribution in [0.5, 0.6) is 0 Å². The Balaban J connectivity index is 1.48. The van der Waals surface area contributed by atoms with Crippen LogP contribution in [0.1, 0.15) is 11.1 Å². The fourth-order valence-electron chi connectivity index (χ4n) is 4.24. The summed E-state index contributed by atoms with van der Waals surface area (Å²) < 4.78 is 14.9. The molecule has 176 valence electrons.